The summed E-state index contributed by atoms with van der Waals surface area (Å²) in [5.41, 5.74) is 1.98. The van der Waals surface area contributed by atoms with Crippen LogP contribution in [0.25, 0.3) is 0 Å². The number of halogens is 1. The van der Waals surface area contributed by atoms with Crippen molar-refractivity contribution in [1.82, 2.24) is 4.72 Å². The van der Waals surface area contributed by atoms with Crippen LogP contribution in [0.3, 0.4) is 0 Å². The molecule has 27 heavy (non-hydrogen) atoms. The summed E-state index contributed by atoms with van der Waals surface area (Å²) in [7, 11) is -3.56. The first-order valence-electron chi connectivity index (χ1n) is 8.65. The molecule has 0 saturated heterocycles. The van der Waals surface area contributed by atoms with E-state index >= 15 is 0 Å². The van der Waals surface area contributed by atoms with Crippen molar-refractivity contribution in [3.8, 4) is 0 Å². The number of sulfonamides is 1. The van der Waals surface area contributed by atoms with Crippen LogP contribution in [0.5, 0.6) is 0 Å². The first-order valence-corrected chi connectivity index (χ1v) is 10.5. The molecule has 0 aliphatic heterocycles. The second-order valence-corrected chi connectivity index (χ2v) is 9.63. The minimum Gasteiger partial charge on any atom is -0.326 e. The van der Waals surface area contributed by atoms with Gasteiger partial charge in [-0.3, -0.25) is 4.79 Å². The van der Waals surface area contributed by atoms with Crippen molar-refractivity contribution in [1.29, 1.82) is 0 Å². The Balaban J connectivity index is 1.96. The molecule has 1 amide bonds. The zero-order valence-corrected chi connectivity index (χ0v) is 17.5. The van der Waals surface area contributed by atoms with Gasteiger partial charge in [0.15, 0.2) is 0 Å². The Morgan fingerprint density at radius 1 is 1.07 bits per heavy atom. The fraction of sp³-hybridized carbons (Fsp3) is 0.350. The van der Waals surface area contributed by atoms with Crippen LogP contribution in [0.4, 0.5) is 5.69 Å². The summed E-state index contributed by atoms with van der Waals surface area (Å²) in [5, 5.41) is 3.49. The maximum atomic E-state index is 12.3. The first kappa shape index (κ1) is 21.4. The van der Waals surface area contributed by atoms with Crippen molar-refractivity contribution >= 4 is 33.2 Å². The third kappa shape index (κ3) is 6.65. The van der Waals surface area contributed by atoms with E-state index < -0.39 is 15.6 Å². The molecule has 0 heterocycles. The fourth-order valence-corrected chi connectivity index (χ4v) is 4.18. The lowest BCUT2D eigenvalue weighted by molar-refractivity contribution is -0.116. The Morgan fingerprint density at radius 3 is 2.26 bits per heavy atom. The van der Waals surface area contributed by atoms with E-state index in [1.54, 1.807) is 63.2 Å². The Kier molecular flexibility index (Phi) is 6.68. The van der Waals surface area contributed by atoms with Gasteiger partial charge in [-0.15, -0.1) is 0 Å². The number of rotatable bonds is 6. The number of hydrogen-bond acceptors (Lipinski definition) is 3. The Bertz CT molecular complexity index is 917. The smallest absolute Gasteiger partial charge is 0.241 e. The van der Waals surface area contributed by atoms with E-state index in [0.29, 0.717) is 17.9 Å². The summed E-state index contributed by atoms with van der Waals surface area (Å²) in [6, 6.07) is 11.9. The van der Waals surface area contributed by atoms with E-state index in [1.807, 2.05) is 6.92 Å². The normalized spacial score (nSPS) is 12.0. The molecule has 0 aliphatic carbocycles. The van der Waals surface area contributed by atoms with E-state index in [4.69, 9.17) is 11.6 Å². The lowest BCUT2D eigenvalue weighted by Crippen LogP contribution is -2.40. The Hall–Kier alpha value is -1.89. The van der Waals surface area contributed by atoms with Crippen molar-refractivity contribution in [3.05, 3.63) is 58.6 Å². The molecule has 0 atom stereocenters. The molecule has 2 N–H and O–H groups in total. The molecule has 0 radical (unpaired) electrons. The van der Waals surface area contributed by atoms with Crippen molar-refractivity contribution in [2.45, 2.75) is 51.0 Å². The van der Waals surface area contributed by atoms with Gasteiger partial charge in [0.2, 0.25) is 15.9 Å². The molecule has 2 aromatic rings. The summed E-state index contributed by atoms with van der Waals surface area (Å²) >= 11 is 5.91. The zero-order valence-electron chi connectivity index (χ0n) is 16.0. The van der Waals surface area contributed by atoms with Crippen LogP contribution in [-0.4, -0.2) is 19.9 Å². The first-order chi connectivity index (χ1) is 12.5. The minimum absolute atomic E-state index is 0.105. The van der Waals surface area contributed by atoms with Crippen molar-refractivity contribution in [2.75, 3.05) is 5.32 Å². The SMILES string of the molecule is Cc1cc(Cl)ccc1NC(=O)CCc1ccc(S(=O)(=O)NC(C)(C)C)cc1. The van der Waals surface area contributed by atoms with Gasteiger partial charge in [-0.05, 0) is 75.6 Å². The number of benzene rings is 2. The second-order valence-electron chi connectivity index (χ2n) is 7.51. The summed E-state index contributed by atoms with van der Waals surface area (Å²) in [6.45, 7) is 7.26. The molecular weight excluding hydrogens is 384 g/mol. The Labute approximate surface area is 166 Å². The highest BCUT2D eigenvalue weighted by molar-refractivity contribution is 7.89. The van der Waals surface area contributed by atoms with Crippen molar-refractivity contribution in [2.24, 2.45) is 0 Å². The monoisotopic (exact) mass is 408 g/mol. The quantitative estimate of drug-likeness (QED) is 0.748. The van der Waals surface area contributed by atoms with Gasteiger partial charge >= 0.3 is 0 Å². The minimum atomic E-state index is -3.56. The lowest BCUT2D eigenvalue weighted by atomic mass is 10.1. The standard InChI is InChI=1S/C20H25ClN2O3S/c1-14-13-16(21)8-11-18(14)22-19(24)12-7-15-5-9-17(10-6-15)27(25,26)23-20(2,3)4/h5-6,8-11,13,23H,7,12H2,1-4H3,(H,22,24). The lowest BCUT2D eigenvalue weighted by Gasteiger charge is -2.20. The van der Waals surface area contributed by atoms with Crippen LogP contribution >= 0.6 is 11.6 Å². The average Bonchev–Trinajstić information content (AvgIpc) is 2.54. The molecule has 0 fully saturated rings. The molecule has 0 spiro atoms. The highest BCUT2D eigenvalue weighted by Crippen LogP contribution is 2.20. The highest BCUT2D eigenvalue weighted by atomic mass is 35.5. The number of aryl methyl sites for hydroxylation is 2. The number of amides is 1. The maximum absolute atomic E-state index is 12.3. The molecule has 0 bridgehead atoms. The zero-order chi connectivity index (χ0) is 20.2. The van der Waals surface area contributed by atoms with Gasteiger partial charge in [-0.2, -0.15) is 0 Å². The Morgan fingerprint density at radius 2 is 1.70 bits per heavy atom. The fourth-order valence-electron chi connectivity index (χ4n) is 2.54. The van der Waals surface area contributed by atoms with Gasteiger partial charge in [-0.25, -0.2) is 13.1 Å². The summed E-state index contributed by atoms with van der Waals surface area (Å²) in [4.78, 5) is 12.4. The predicted molar refractivity (Wildman–Crippen MR) is 110 cm³/mol. The van der Waals surface area contributed by atoms with Crippen LogP contribution < -0.4 is 10.0 Å². The average molecular weight is 409 g/mol. The van der Waals surface area contributed by atoms with Gasteiger partial charge in [0, 0.05) is 22.7 Å². The summed E-state index contributed by atoms with van der Waals surface area (Å²) in [5.74, 6) is -0.105. The van der Waals surface area contributed by atoms with E-state index in [0.717, 1.165) is 16.8 Å². The van der Waals surface area contributed by atoms with Gasteiger partial charge in [0.05, 0.1) is 4.90 Å². The van der Waals surface area contributed by atoms with Gasteiger partial charge in [0.25, 0.3) is 0 Å². The largest absolute Gasteiger partial charge is 0.326 e. The third-order valence-electron chi connectivity index (χ3n) is 3.78. The van der Waals surface area contributed by atoms with Gasteiger partial charge in [0.1, 0.15) is 0 Å². The van der Waals surface area contributed by atoms with Crippen LogP contribution in [0, 0.1) is 6.92 Å². The number of nitrogens with one attached hydrogen (secondary N) is 2. The highest BCUT2D eigenvalue weighted by Gasteiger charge is 2.21. The van der Waals surface area contributed by atoms with E-state index in [9.17, 15) is 13.2 Å². The van der Waals surface area contributed by atoms with E-state index in [2.05, 4.69) is 10.0 Å². The van der Waals surface area contributed by atoms with Gasteiger partial charge < -0.3 is 5.32 Å². The topological polar surface area (TPSA) is 75.3 Å². The third-order valence-corrected chi connectivity index (χ3v) is 5.79. The number of anilines is 1. The van der Waals surface area contributed by atoms with Crippen molar-refractivity contribution < 1.29 is 13.2 Å². The number of carbonyl (C=O) groups excluding carboxylic acids is 1. The van der Waals surface area contributed by atoms with Gasteiger partial charge in [-0.1, -0.05) is 23.7 Å². The van der Waals surface area contributed by atoms with E-state index in [-0.39, 0.29) is 10.8 Å². The van der Waals surface area contributed by atoms with E-state index in [1.165, 1.54) is 0 Å². The molecule has 0 aliphatic rings. The van der Waals surface area contributed by atoms with Crippen LogP contribution in [0.2, 0.25) is 5.02 Å². The number of carbonyl (C=O) groups is 1. The van der Waals surface area contributed by atoms with Crippen LogP contribution in [-0.2, 0) is 21.2 Å². The molecule has 146 valence electrons. The number of hydrogen-bond donors (Lipinski definition) is 2. The molecule has 2 aromatic carbocycles. The van der Waals surface area contributed by atoms with Crippen LogP contribution in [0.15, 0.2) is 47.4 Å². The molecule has 7 heteroatoms. The molecule has 0 unspecified atom stereocenters. The molecule has 2 rings (SSSR count). The summed E-state index contributed by atoms with van der Waals surface area (Å²) < 4.78 is 27.2. The van der Waals surface area contributed by atoms with Crippen LogP contribution in [0.1, 0.15) is 38.3 Å². The second kappa shape index (κ2) is 8.42. The molecule has 5 nitrogen and oxygen atoms in total. The predicted octanol–water partition coefficient (Wildman–Crippen LogP) is 4.30. The maximum Gasteiger partial charge on any atom is 0.241 e. The summed E-state index contributed by atoms with van der Waals surface area (Å²) in [6.07, 6.45) is 0.819. The molecular formula is C20H25ClN2O3S. The molecule has 0 saturated carbocycles. The molecule has 0 aromatic heterocycles. The van der Waals surface area contributed by atoms with Crippen molar-refractivity contribution in [3.63, 3.8) is 0 Å².